The molecule has 0 saturated carbocycles. The van der Waals surface area contributed by atoms with Crippen LogP contribution in [0.15, 0.2) is 30.5 Å². The Kier molecular flexibility index (Phi) is 9.22. The molecular formula is C27H31BFN5O8. The number of amides is 4. The van der Waals surface area contributed by atoms with Crippen molar-refractivity contribution in [1.29, 1.82) is 0 Å². The molecule has 2 aliphatic rings. The Morgan fingerprint density at radius 2 is 2.02 bits per heavy atom. The van der Waals surface area contributed by atoms with Gasteiger partial charge in [-0.2, -0.15) is 0 Å². The van der Waals surface area contributed by atoms with E-state index in [9.17, 15) is 38.5 Å². The van der Waals surface area contributed by atoms with E-state index < -0.39 is 72.3 Å². The smallest absolute Gasteiger partial charge is 0.526 e. The zero-order chi connectivity index (χ0) is 30.7. The fourth-order valence-corrected chi connectivity index (χ4v) is 5.22. The summed E-state index contributed by atoms with van der Waals surface area (Å²) >= 11 is 0. The third-order valence-corrected chi connectivity index (χ3v) is 7.37. The second-order valence-electron chi connectivity index (χ2n) is 10.2. The van der Waals surface area contributed by atoms with Gasteiger partial charge in [-0.05, 0) is 44.9 Å². The maximum absolute atomic E-state index is 15.0. The number of halogens is 1. The van der Waals surface area contributed by atoms with Gasteiger partial charge in [0.1, 0.15) is 23.2 Å². The molecule has 0 radical (unpaired) electrons. The Balaban J connectivity index is 1.62. The Bertz CT molecular complexity index is 1420. The summed E-state index contributed by atoms with van der Waals surface area (Å²) in [5.74, 6) is -5.39. The first-order chi connectivity index (χ1) is 20.0. The van der Waals surface area contributed by atoms with E-state index >= 15 is 0 Å². The van der Waals surface area contributed by atoms with Gasteiger partial charge in [0.05, 0.1) is 17.8 Å². The van der Waals surface area contributed by atoms with E-state index in [4.69, 9.17) is 10.4 Å². The average Bonchev–Trinajstić information content (AvgIpc) is 2.94. The van der Waals surface area contributed by atoms with Crippen LogP contribution < -0.4 is 15.7 Å². The number of hydrogen-bond donors (Lipinski definition) is 4. The lowest BCUT2D eigenvalue weighted by Gasteiger charge is -2.39. The second kappa shape index (κ2) is 12.7. The van der Waals surface area contributed by atoms with Crippen molar-refractivity contribution in [2.75, 3.05) is 19.6 Å². The van der Waals surface area contributed by atoms with Crippen LogP contribution in [-0.4, -0.2) is 87.1 Å². The van der Waals surface area contributed by atoms with Gasteiger partial charge in [-0.1, -0.05) is 12.1 Å². The van der Waals surface area contributed by atoms with Gasteiger partial charge in [-0.3, -0.25) is 29.1 Å². The summed E-state index contributed by atoms with van der Waals surface area (Å²) < 4.78 is 20.6. The van der Waals surface area contributed by atoms with Crippen molar-refractivity contribution in [2.24, 2.45) is 5.73 Å². The van der Waals surface area contributed by atoms with Crippen LogP contribution >= 0.6 is 0 Å². The first kappa shape index (κ1) is 30.6. The number of aromatic nitrogens is 1. The highest BCUT2D eigenvalue weighted by molar-refractivity contribution is 6.47. The lowest BCUT2D eigenvalue weighted by atomic mass is 9.64. The summed E-state index contributed by atoms with van der Waals surface area (Å²) in [4.78, 5) is 70.3. The second-order valence-corrected chi connectivity index (χ2v) is 10.2. The van der Waals surface area contributed by atoms with Crippen molar-refractivity contribution in [3.05, 3.63) is 53.1 Å². The van der Waals surface area contributed by atoms with Crippen LogP contribution in [0.5, 0.6) is 11.5 Å². The Morgan fingerprint density at radius 3 is 2.67 bits per heavy atom. The van der Waals surface area contributed by atoms with Crippen molar-refractivity contribution in [3.8, 4) is 11.5 Å². The third-order valence-electron chi connectivity index (χ3n) is 7.37. The quantitative estimate of drug-likeness (QED) is 0.186. The van der Waals surface area contributed by atoms with Crippen molar-refractivity contribution < 1.29 is 43.1 Å². The molecule has 2 aliphatic heterocycles. The van der Waals surface area contributed by atoms with Crippen molar-refractivity contribution in [1.82, 2.24) is 20.1 Å². The van der Waals surface area contributed by atoms with E-state index in [1.54, 1.807) is 25.1 Å². The molecular weight excluding hydrogens is 552 g/mol. The zero-order valence-electron chi connectivity index (χ0n) is 23.1. The number of imide groups is 1. The summed E-state index contributed by atoms with van der Waals surface area (Å²) in [5.41, 5.74) is 5.97. The molecule has 1 aromatic carbocycles. The first-order valence-electron chi connectivity index (χ1n) is 13.4. The van der Waals surface area contributed by atoms with Crippen LogP contribution in [0.4, 0.5) is 9.18 Å². The molecule has 13 nitrogen and oxygen atoms in total. The van der Waals surface area contributed by atoms with Gasteiger partial charge in [-0.25, -0.2) is 9.18 Å². The molecule has 15 heteroatoms. The third kappa shape index (κ3) is 6.11. The molecule has 1 unspecified atom stereocenters. The zero-order valence-corrected chi connectivity index (χ0v) is 23.1. The Morgan fingerprint density at radius 1 is 1.29 bits per heavy atom. The highest BCUT2D eigenvalue weighted by atomic mass is 19.1. The fraction of sp³-hybridized carbons (Fsp3) is 0.407. The maximum atomic E-state index is 15.0. The van der Waals surface area contributed by atoms with Gasteiger partial charge in [0.25, 0.3) is 0 Å². The minimum absolute atomic E-state index is 0.0311. The number of carbonyl (C=O) groups excluding carboxylic acids is 5. The van der Waals surface area contributed by atoms with Crippen molar-refractivity contribution >= 4 is 36.5 Å². The number of urea groups is 1. The fourth-order valence-electron chi connectivity index (χ4n) is 5.22. The van der Waals surface area contributed by atoms with E-state index in [2.05, 4.69) is 10.3 Å². The number of nitrogens with zero attached hydrogens (tertiary/aromatic N) is 3. The van der Waals surface area contributed by atoms with Gasteiger partial charge in [0.15, 0.2) is 17.4 Å². The molecule has 1 saturated heterocycles. The number of pyridine rings is 1. The molecule has 1 aromatic heterocycles. The number of nitrogens with two attached hydrogens (primary N) is 1. The number of Topliss-reactive ketones (excluding diaryl/α,β-unsaturated/α-hetero) is 2. The number of piperazine rings is 1. The van der Waals surface area contributed by atoms with Gasteiger partial charge < -0.3 is 30.7 Å². The lowest BCUT2D eigenvalue weighted by molar-refractivity contribution is -0.156. The van der Waals surface area contributed by atoms with E-state index in [-0.39, 0.29) is 49.6 Å². The SMILES string of the molecule is CCN1C[C@H](CCN)N(C(=O)NC(C(=O)C[C@H]2Cc3cccc(C(C)=O)c3OB2O)c2ncc(O)cc2F)C(=O)C1=O. The molecule has 222 valence electrons. The van der Waals surface area contributed by atoms with Crippen molar-refractivity contribution in [3.63, 3.8) is 0 Å². The largest absolute Gasteiger partial charge is 0.535 e. The lowest BCUT2D eigenvalue weighted by Crippen LogP contribution is -2.63. The topological polar surface area (TPSA) is 192 Å². The highest BCUT2D eigenvalue weighted by Gasteiger charge is 2.44. The van der Waals surface area contributed by atoms with Crippen LogP contribution in [0.2, 0.25) is 5.82 Å². The number of fused-ring (bicyclic) bond motifs is 1. The van der Waals surface area contributed by atoms with E-state index in [0.29, 0.717) is 16.5 Å². The minimum atomic E-state index is -1.76. The number of nitrogens with one attached hydrogen (secondary N) is 1. The molecule has 3 heterocycles. The summed E-state index contributed by atoms with van der Waals surface area (Å²) in [5, 5.41) is 22.7. The average molecular weight is 583 g/mol. The van der Waals surface area contributed by atoms with Gasteiger partial charge in [0.2, 0.25) is 0 Å². The van der Waals surface area contributed by atoms with E-state index in [0.717, 1.165) is 6.20 Å². The summed E-state index contributed by atoms with van der Waals surface area (Å²) in [6.07, 6.45) is 0.746. The van der Waals surface area contributed by atoms with Crippen molar-refractivity contribution in [2.45, 2.75) is 51.0 Å². The summed E-state index contributed by atoms with van der Waals surface area (Å²) in [7, 11) is -1.51. The number of para-hydroxylation sites is 1. The van der Waals surface area contributed by atoms with Crippen LogP contribution in [0.3, 0.4) is 0 Å². The van der Waals surface area contributed by atoms with E-state index in [1.807, 2.05) is 0 Å². The number of aromatic hydroxyl groups is 1. The predicted molar refractivity (Wildman–Crippen MR) is 146 cm³/mol. The predicted octanol–water partition coefficient (Wildman–Crippen LogP) is 0.733. The van der Waals surface area contributed by atoms with Crippen LogP contribution in [-0.2, 0) is 20.8 Å². The minimum Gasteiger partial charge on any atom is -0.535 e. The van der Waals surface area contributed by atoms with E-state index in [1.165, 1.54) is 11.8 Å². The highest BCUT2D eigenvalue weighted by Crippen LogP contribution is 2.37. The monoisotopic (exact) mass is 583 g/mol. The van der Waals surface area contributed by atoms with Gasteiger partial charge >= 0.3 is 25.0 Å². The molecule has 4 rings (SSSR count). The number of carbonyl (C=O) groups is 5. The molecule has 0 bridgehead atoms. The van der Waals surface area contributed by atoms with Gasteiger partial charge in [0, 0.05) is 31.4 Å². The molecule has 0 aliphatic carbocycles. The molecule has 42 heavy (non-hydrogen) atoms. The standard InChI is InChI=1S/C27H31BFN5O8/c1-3-33-13-17(7-8-30)34(26(39)25(33)38)27(40)32-23(22-20(29)11-18(36)12-31-22)21(37)10-16-9-15-5-4-6-19(14(2)35)24(15)42-28(16)41/h4-6,11-12,16-17,23,36,41H,3,7-10,13,30H2,1-2H3,(H,32,40)/t16-,17+,23?/m1/s1. The number of ketones is 2. The molecule has 2 aromatic rings. The molecule has 1 fully saturated rings. The van der Waals surface area contributed by atoms with Crippen LogP contribution in [0.1, 0.15) is 54.3 Å². The maximum Gasteiger partial charge on any atom is 0.526 e. The van der Waals surface area contributed by atoms with Gasteiger partial charge in [-0.15, -0.1) is 0 Å². The summed E-state index contributed by atoms with van der Waals surface area (Å²) in [6.45, 7) is 3.39. The normalized spacial score (nSPS) is 19.2. The Labute approximate surface area is 241 Å². The molecule has 5 N–H and O–H groups in total. The van der Waals surface area contributed by atoms with Crippen LogP contribution in [0.25, 0.3) is 0 Å². The first-order valence-corrected chi connectivity index (χ1v) is 13.4. The summed E-state index contributed by atoms with van der Waals surface area (Å²) in [6, 6.07) is 1.89. The van der Waals surface area contributed by atoms with Crippen LogP contribution in [0, 0.1) is 5.82 Å². The molecule has 3 atom stereocenters. The number of rotatable bonds is 9. The number of likely N-dealkylation sites (N-methyl/N-ethyl adjacent to an activating group) is 1. The molecule has 4 amide bonds. The molecule has 0 spiro atoms. The number of hydrogen-bond acceptors (Lipinski definition) is 10. The Hall–Kier alpha value is -4.37. The number of benzene rings is 1.